The quantitative estimate of drug-likeness (QED) is 0.704. The van der Waals surface area contributed by atoms with Crippen LogP contribution in [0.25, 0.3) is 0 Å². The molecule has 2 atom stereocenters. The second kappa shape index (κ2) is 3.53. The number of para-hydroxylation sites is 1. The van der Waals surface area contributed by atoms with E-state index in [2.05, 4.69) is 5.32 Å². The average Bonchev–Trinajstić information content (AvgIpc) is 2.26. The van der Waals surface area contributed by atoms with E-state index < -0.39 is 10.8 Å². The zero-order valence-corrected chi connectivity index (χ0v) is 8.64. The first kappa shape index (κ1) is 9.40. The van der Waals surface area contributed by atoms with E-state index in [1.165, 1.54) is 0 Å². The van der Waals surface area contributed by atoms with Crippen LogP contribution in [-0.2, 0) is 15.6 Å². The maximum atomic E-state index is 11.9. The number of rotatable bonds is 0. The highest BCUT2D eigenvalue weighted by Gasteiger charge is 2.23. The molecule has 2 rings (SSSR count). The minimum atomic E-state index is -1.08. The molecule has 0 radical (unpaired) electrons. The Labute approximate surface area is 85.0 Å². The lowest BCUT2D eigenvalue weighted by molar-refractivity contribution is -0.116. The van der Waals surface area contributed by atoms with Crippen molar-refractivity contribution in [3.8, 4) is 0 Å². The van der Waals surface area contributed by atoms with Crippen molar-refractivity contribution in [2.24, 2.45) is 0 Å². The molecule has 74 valence electrons. The lowest BCUT2D eigenvalue weighted by Crippen LogP contribution is -2.16. The van der Waals surface area contributed by atoms with E-state index in [1.807, 2.05) is 19.1 Å². The van der Waals surface area contributed by atoms with Gasteiger partial charge in [-0.2, -0.15) is 0 Å². The number of carbonyl (C=O) groups is 1. The van der Waals surface area contributed by atoms with Crippen LogP contribution in [0.2, 0.25) is 0 Å². The van der Waals surface area contributed by atoms with Crippen molar-refractivity contribution in [3.63, 3.8) is 0 Å². The molecule has 0 saturated heterocycles. The number of anilines is 1. The van der Waals surface area contributed by atoms with Crippen LogP contribution < -0.4 is 5.32 Å². The van der Waals surface area contributed by atoms with Crippen molar-refractivity contribution in [1.82, 2.24) is 0 Å². The number of carbonyl (C=O) groups excluding carboxylic acids is 1. The molecular formula is C10H11NO2S. The molecule has 14 heavy (non-hydrogen) atoms. The summed E-state index contributed by atoms with van der Waals surface area (Å²) >= 11 is 0. The summed E-state index contributed by atoms with van der Waals surface area (Å²) in [6.07, 6.45) is 0.321. The molecular weight excluding hydrogens is 198 g/mol. The topological polar surface area (TPSA) is 46.2 Å². The molecule has 1 amide bonds. The Balaban J connectivity index is 2.52. The van der Waals surface area contributed by atoms with E-state index in [1.54, 1.807) is 12.1 Å². The molecule has 0 bridgehead atoms. The fraction of sp³-hybridized carbons (Fsp3) is 0.300. The first-order valence-electron chi connectivity index (χ1n) is 4.48. The van der Waals surface area contributed by atoms with Crippen molar-refractivity contribution in [2.75, 3.05) is 5.32 Å². The SMILES string of the molecule is CC1CC(=O)Nc2ccccc2S1=O. The normalized spacial score (nSPS) is 26.2. The van der Waals surface area contributed by atoms with Crippen LogP contribution in [0.1, 0.15) is 13.3 Å². The van der Waals surface area contributed by atoms with Crippen LogP contribution in [0.3, 0.4) is 0 Å². The fourth-order valence-corrected chi connectivity index (χ4v) is 2.78. The lowest BCUT2D eigenvalue weighted by Gasteiger charge is -2.06. The van der Waals surface area contributed by atoms with E-state index in [0.717, 1.165) is 4.90 Å². The highest BCUT2D eigenvalue weighted by atomic mass is 32.2. The summed E-state index contributed by atoms with van der Waals surface area (Å²) in [4.78, 5) is 12.1. The van der Waals surface area contributed by atoms with Gasteiger partial charge in [0.1, 0.15) is 0 Å². The molecule has 0 aliphatic carbocycles. The number of hydrogen-bond acceptors (Lipinski definition) is 2. The minimum Gasteiger partial charge on any atom is -0.325 e. The smallest absolute Gasteiger partial charge is 0.225 e. The third-order valence-corrected chi connectivity index (χ3v) is 3.90. The van der Waals surface area contributed by atoms with Gasteiger partial charge in [-0.1, -0.05) is 12.1 Å². The van der Waals surface area contributed by atoms with Crippen molar-refractivity contribution in [2.45, 2.75) is 23.5 Å². The number of amides is 1. The summed E-state index contributed by atoms with van der Waals surface area (Å²) in [6.45, 7) is 1.83. The van der Waals surface area contributed by atoms with Crippen LogP contribution in [0.5, 0.6) is 0 Å². The predicted octanol–water partition coefficient (Wildman–Crippen LogP) is 1.52. The molecule has 4 heteroatoms. The fourth-order valence-electron chi connectivity index (χ4n) is 1.50. The summed E-state index contributed by atoms with van der Waals surface area (Å²) in [5.74, 6) is -0.0594. The van der Waals surface area contributed by atoms with Crippen molar-refractivity contribution >= 4 is 22.4 Å². The van der Waals surface area contributed by atoms with E-state index in [-0.39, 0.29) is 11.2 Å². The summed E-state index contributed by atoms with van der Waals surface area (Å²) in [6, 6.07) is 7.24. The van der Waals surface area contributed by atoms with E-state index in [9.17, 15) is 9.00 Å². The zero-order chi connectivity index (χ0) is 10.1. The average molecular weight is 209 g/mol. The Bertz CT molecular complexity index is 403. The van der Waals surface area contributed by atoms with Gasteiger partial charge in [0.25, 0.3) is 0 Å². The largest absolute Gasteiger partial charge is 0.325 e. The molecule has 0 spiro atoms. The first-order valence-corrected chi connectivity index (χ1v) is 5.69. The van der Waals surface area contributed by atoms with E-state index in [4.69, 9.17) is 0 Å². The van der Waals surface area contributed by atoms with Gasteiger partial charge in [-0.3, -0.25) is 9.00 Å². The van der Waals surface area contributed by atoms with Crippen LogP contribution in [0.15, 0.2) is 29.2 Å². The molecule has 3 nitrogen and oxygen atoms in total. The summed E-state index contributed by atoms with van der Waals surface area (Å²) in [5.41, 5.74) is 0.681. The summed E-state index contributed by atoms with van der Waals surface area (Å²) in [5, 5.41) is 2.64. The van der Waals surface area contributed by atoms with Gasteiger partial charge in [-0.05, 0) is 19.1 Å². The number of hydrogen-bond donors (Lipinski definition) is 1. The van der Waals surface area contributed by atoms with Gasteiger partial charge in [-0.25, -0.2) is 0 Å². The van der Waals surface area contributed by atoms with Crippen molar-refractivity contribution in [3.05, 3.63) is 24.3 Å². The summed E-state index contributed by atoms with van der Waals surface area (Å²) in [7, 11) is -1.08. The van der Waals surface area contributed by atoms with Crippen LogP contribution >= 0.6 is 0 Å². The second-order valence-electron chi connectivity index (χ2n) is 3.36. The van der Waals surface area contributed by atoms with Crippen LogP contribution in [-0.4, -0.2) is 15.4 Å². The maximum Gasteiger partial charge on any atom is 0.225 e. The molecule has 1 aromatic rings. The standard InChI is InChI=1S/C10H11NO2S/c1-7-6-10(12)11-8-4-2-3-5-9(8)14(7)13/h2-5,7H,6H2,1H3,(H,11,12). The van der Waals surface area contributed by atoms with Crippen molar-refractivity contribution in [1.29, 1.82) is 0 Å². The highest BCUT2D eigenvalue weighted by molar-refractivity contribution is 7.85. The molecule has 1 aliphatic rings. The summed E-state index contributed by atoms with van der Waals surface area (Å²) < 4.78 is 11.9. The lowest BCUT2D eigenvalue weighted by atomic mass is 10.3. The Morgan fingerprint density at radius 3 is 2.93 bits per heavy atom. The third-order valence-electron chi connectivity index (χ3n) is 2.22. The minimum absolute atomic E-state index is 0.0594. The molecule has 1 N–H and O–H groups in total. The first-order chi connectivity index (χ1) is 6.68. The molecule has 1 aromatic carbocycles. The predicted molar refractivity (Wildman–Crippen MR) is 55.6 cm³/mol. The van der Waals surface area contributed by atoms with Crippen molar-refractivity contribution < 1.29 is 9.00 Å². The molecule has 0 fully saturated rings. The second-order valence-corrected chi connectivity index (χ2v) is 5.20. The molecule has 1 aliphatic heterocycles. The molecule has 1 heterocycles. The number of nitrogens with one attached hydrogen (secondary N) is 1. The van der Waals surface area contributed by atoms with Gasteiger partial charge in [0.05, 0.1) is 21.4 Å². The Morgan fingerprint density at radius 2 is 2.14 bits per heavy atom. The number of fused-ring (bicyclic) bond motifs is 1. The molecule has 0 aromatic heterocycles. The van der Waals surface area contributed by atoms with Crippen LogP contribution in [0.4, 0.5) is 5.69 Å². The van der Waals surface area contributed by atoms with Crippen LogP contribution in [0, 0.1) is 0 Å². The third kappa shape index (κ3) is 1.57. The monoisotopic (exact) mass is 209 g/mol. The number of benzene rings is 1. The zero-order valence-electron chi connectivity index (χ0n) is 7.82. The van der Waals surface area contributed by atoms with Gasteiger partial charge in [0.15, 0.2) is 0 Å². The van der Waals surface area contributed by atoms with Gasteiger partial charge in [0, 0.05) is 11.7 Å². The van der Waals surface area contributed by atoms with E-state index >= 15 is 0 Å². The molecule has 2 unspecified atom stereocenters. The van der Waals surface area contributed by atoms with Gasteiger partial charge in [0.2, 0.25) is 5.91 Å². The Morgan fingerprint density at radius 1 is 1.43 bits per heavy atom. The van der Waals surface area contributed by atoms with Gasteiger partial charge in [-0.15, -0.1) is 0 Å². The molecule has 0 saturated carbocycles. The van der Waals surface area contributed by atoms with Gasteiger partial charge >= 0.3 is 0 Å². The highest BCUT2D eigenvalue weighted by Crippen LogP contribution is 2.26. The van der Waals surface area contributed by atoms with E-state index in [0.29, 0.717) is 12.1 Å². The Hall–Kier alpha value is -1.16. The van der Waals surface area contributed by atoms with Gasteiger partial charge < -0.3 is 5.32 Å². The Kier molecular flexibility index (Phi) is 2.37. The maximum absolute atomic E-state index is 11.9.